The van der Waals surface area contributed by atoms with E-state index in [1.807, 2.05) is 42.5 Å². The molecule has 242 valence electrons. The van der Waals surface area contributed by atoms with Crippen LogP contribution in [0.1, 0.15) is 28.3 Å². The number of furan rings is 1. The molecular weight excluding hydrogens is 625 g/mol. The Morgan fingerprint density at radius 3 is 2.24 bits per heavy atom. The molecule has 2 aromatic heterocycles. The molecule has 0 bridgehead atoms. The van der Waals surface area contributed by atoms with E-state index in [4.69, 9.17) is 15.1 Å². The molecular formula is C46H32N4O. The second kappa shape index (κ2) is 12.5. The van der Waals surface area contributed by atoms with Crippen LogP contribution in [-0.4, -0.2) is 10.4 Å². The Balaban J connectivity index is 1.11. The van der Waals surface area contributed by atoms with Crippen LogP contribution in [0.5, 0.6) is 0 Å². The van der Waals surface area contributed by atoms with Gasteiger partial charge in [-0.25, -0.2) is 0 Å². The number of hydrogen-bond donors (Lipinski definition) is 1. The van der Waals surface area contributed by atoms with Crippen LogP contribution in [0.15, 0.2) is 173 Å². The number of aliphatic imine (C=N–C) groups is 1. The number of amidine groups is 1. The van der Waals surface area contributed by atoms with E-state index >= 15 is 0 Å². The molecule has 9 rings (SSSR count). The highest BCUT2D eigenvalue weighted by atomic mass is 16.3. The molecule has 0 amide bonds. The van der Waals surface area contributed by atoms with E-state index in [0.717, 1.165) is 66.5 Å². The summed E-state index contributed by atoms with van der Waals surface area (Å²) in [5.74, 6) is 0.414. The summed E-state index contributed by atoms with van der Waals surface area (Å²) in [6.45, 7) is 0. The van der Waals surface area contributed by atoms with Gasteiger partial charge in [0.05, 0.1) is 28.7 Å². The van der Waals surface area contributed by atoms with Crippen molar-refractivity contribution in [2.45, 2.75) is 12.5 Å². The minimum absolute atomic E-state index is 0.195. The van der Waals surface area contributed by atoms with Gasteiger partial charge in [0.1, 0.15) is 17.0 Å². The Morgan fingerprint density at radius 2 is 1.39 bits per heavy atom. The maximum Gasteiger partial charge on any atom is 0.143 e. The molecule has 51 heavy (non-hydrogen) atoms. The van der Waals surface area contributed by atoms with Crippen LogP contribution in [0.2, 0.25) is 0 Å². The van der Waals surface area contributed by atoms with Crippen molar-refractivity contribution < 1.29 is 4.42 Å². The summed E-state index contributed by atoms with van der Waals surface area (Å²) < 4.78 is 8.77. The van der Waals surface area contributed by atoms with Gasteiger partial charge in [0.25, 0.3) is 0 Å². The van der Waals surface area contributed by atoms with Crippen molar-refractivity contribution in [1.29, 1.82) is 5.26 Å². The number of para-hydroxylation sites is 3. The highest BCUT2D eigenvalue weighted by Gasteiger charge is 2.17. The fraction of sp³-hybridized carbons (Fsp3) is 0.0435. The highest BCUT2D eigenvalue weighted by molar-refractivity contribution is 6.13. The van der Waals surface area contributed by atoms with Gasteiger partial charge in [-0.15, -0.1) is 0 Å². The maximum atomic E-state index is 9.40. The van der Waals surface area contributed by atoms with Crippen LogP contribution in [0.3, 0.4) is 0 Å². The molecule has 0 fully saturated rings. The lowest BCUT2D eigenvalue weighted by atomic mass is 9.98. The van der Waals surface area contributed by atoms with Crippen molar-refractivity contribution in [1.82, 2.24) is 4.57 Å². The van der Waals surface area contributed by atoms with Crippen LogP contribution >= 0.6 is 0 Å². The van der Waals surface area contributed by atoms with Crippen molar-refractivity contribution in [2.24, 2.45) is 10.7 Å². The standard InChI is InChI=1S/C46H32N4O/c47-29-31-10-8-13-34(26-31)46(48)49-41(32-11-2-1-3-12-32)27-30-20-23-35(24-21-30)50-42-18-6-4-14-37(42)38-25-22-33(28-43(38)50)36-16-9-17-40-39-15-5-7-19-44(39)51-45(36)40/h1-26,28,41H,27H2,(H2,48,49). The molecule has 0 aliphatic carbocycles. The third-order valence-electron chi connectivity index (χ3n) is 9.78. The predicted octanol–water partition coefficient (Wildman–Crippen LogP) is 10.9. The zero-order chi connectivity index (χ0) is 34.3. The number of nitrogens with two attached hydrogens (primary N) is 1. The lowest BCUT2D eigenvalue weighted by molar-refractivity contribution is 0.670. The number of hydrogen-bond acceptors (Lipinski definition) is 3. The third kappa shape index (κ3) is 5.40. The zero-order valence-electron chi connectivity index (χ0n) is 27.7. The Labute approximate surface area is 295 Å². The number of aromatic nitrogens is 1. The van der Waals surface area contributed by atoms with Crippen molar-refractivity contribution in [3.05, 3.63) is 186 Å². The van der Waals surface area contributed by atoms with Crippen molar-refractivity contribution in [3.63, 3.8) is 0 Å². The molecule has 0 aliphatic rings. The summed E-state index contributed by atoms with van der Waals surface area (Å²) in [5, 5.41) is 14.1. The molecule has 2 heterocycles. The zero-order valence-corrected chi connectivity index (χ0v) is 27.7. The number of nitriles is 1. The lowest BCUT2D eigenvalue weighted by Crippen LogP contribution is -2.16. The Bertz CT molecular complexity index is 2800. The average Bonchev–Trinajstić information content (AvgIpc) is 3.74. The fourth-order valence-corrected chi connectivity index (χ4v) is 7.30. The summed E-state index contributed by atoms with van der Waals surface area (Å²) in [7, 11) is 0. The molecule has 9 aromatic rings. The Hall–Kier alpha value is -6.90. The van der Waals surface area contributed by atoms with Crippen molar-refractivity contribution in [3.8, 4) is 22.9 Å². The fourth-order valence-electron chi connectivity index (χ4n) is 7.30. The molecule has 2 N–H and O–H groups in total. The number of rotatable bonds is 7. The molecule has 0 saturated heterocycles. The van der Waals surface area contributed by atoms with Gasteiger partial charge in [0, 0.05) is 38.4 Å². The van der Waals surface area contributed by atoms with Crippen LogP contribution in [0, 0.1) is 11.3 Å². The van der Waals surface area contributed by atoms with E-state index in [1.54, 1.807) is 12.1 Å². The predicted molar refractivity (Wildman–Crippen MR) is 208 cm³/mol. The topological polar surface area (TPSA) is 80.2 Å². The van der Waals surface area contributed by atoms with E-state index in [9.17, 15) is 5.26 Å². The first kappa shape index (κ1) is 30.2. The van der Waals surface area contributed by atoms with Crippen molar-refractivity contribution >= 4 is 49.6 Å². The molecule has 7 aromatic carbocycles. The molecule has 0 aliphatic heterocycles. The SMILES string of the molecule is N#Cc1cccc(C(N)=NC(Cc2ccc(-n3c4ccccc4c4ccc(-c5cccc6c5oc5ccccc56)cc43)cc2)c2ccccc2)c1. The normalized spacial score (nSPS) is 12.5. The summed E-state index contributed by atoms with van der Waals surface area (Å²) in [5.41, 5.74) is 17.4. The Kier molecular flexibility index (Phi) is 7.41. The first-order chi connectivity index (χ1) is 25.1. The average molecular weight is 657 g/mol. The van der Waals surface area contributed by atoms with E-state index in [2.05, 4.69) is 120 Å². The smallest absolute Gasteiger partial charge is 0.143 e. The van der Waals surface area contributed by atoms with Gasteiger partial charge in [-0.05, 0) is 65.6 Å². The second-order valence-corrected chi connectivity index (χ2v) is 12.9. The number of fused-ring (bicyclic) bond motifs is 6. The lowest BCUT2D eigenvalue weighted by Gasteiger charge is -2.16. The van der Waals surface area contributed by atoms with Crippen LogP contribution in [-0.2, 0) is 6.42 Å². The molecule has 1 atom stereocenters. The van der Waals surface area contributed by atoms with Crippen LogP contribution < -0.4 is 5.73 Å². The minimum atomic E-state index is -0.195. The van der Waals surface area contributed by atoms with E-state index < -0.39 is 0 Å². The largest absolute Gasteiger partial charge is 0.455 e. The van der Waals surface area contributed by atoms with Gasteiger partial charge in [-0.1, -0.05) is 121 Å². The summed E-state index contributed by atoms with van der Waals surface area (Å²) in [4.78, 5) is 4.99. The van der Waals surface area contributed by atoms with E-state index in [1.165, 1.54) is 10.8 Å². The van der Waals surface area contributed by atoms with E-state index in [0.29, 0.717) is 17.8 Å². The molecule has 1 unspecified atom stereocenters. The Morgan fingerprint density at radius 1 is 0.667 bits per heavy atom. The van der Waals surface area contributed by atoms with Crippen LogP contribution in [0.4, 0.5) is 0 Å². The molecule has 0 spiro atoms. The molecule has 5 nitrogen and oxygen atoms in total. The van der Waals surface area contributed by atoms with Crippen molar-refractivity contribution in [2.75, 3.05) is 0 Å². The first-order valence-electron chi connectivity index (χ1n) is 17.1. The van der Waals surface area contributed by atoms with Crippen LogP contribution in [0.25, 0.3) is 60.6 Å². The number of benzene rings is 7. The second-order valence-electron chi connectivity index (χ2n) is 12.9. The third-order valence-corrected chi connectivity index (χ3v) is 9.78. The van der Waals surface area contributed by atoms with E-state index in [-0.39, 0.29) is 6.04 Å². The molecule has 5 heteroatoms. The van der Waals surface area contributed by atoms with Gasteiger partial charge in [0.15, 0.2) is 0 Å². The van der Waals surface area contributed by atoms with Gasteiger partial charge < -0.3 is 14.7 Å². The molecule has 0 saturated carbocycles. The molecule has 0 radical (unpaired) electrons. The summed E-state index contributed by atoms with van der Waals surface area (Å²) in [6, 6.07) is 58.2. The highest BCUT2D eigenvalue weighted by Crippen LogP contribution is 2.39. The monoisotopic (exact) mass is 656 g/mol. The van der Waals surface area contributed by atoms with Gasteiger partial charge in [-0.2, -0.15) is 5.26 Å². The summed E-state index contributed by atoms with van der Waals surface area (Å²) in [6.07, 6.45) is 0.668. The minimum Gasteiger partial charge on any atom is -0.455 e. The van der Waals surface area contributed by atoms with Gasteiger partial charge >= 0.3 is 0 Å². The maximum absolute atomic E-state index is 9.40. The van der Waals surface area contributed by atoms with Gasteiger partial charge in [-0.3, -0.25) is 4.99 Å². The quantitative estimate of drug-likeness (QED) is 0.137. The first-order valence-corrected chi connectivity index (χ1v) is 17.1. The van der Waals surface area contributed by atoms with Gasteiger partial charge in [0.2, 0.25) is 0 Å². The number of nitrogens with zero attached hydrogens (tertiary/aromatic N) is 3. The summed E-state index contributed by atoms with van der Waals surface area (Å²) >= 11 is 0.